The molecule has 0 bridgehead atoms. The molecule has 1 aliphatic heterocycles. The summed E-state index contributed by atoms with van der Waals surface area (Å²) in [7, 11) is 0. The van der Waals surface area contributed by atoms with Gasteiger partial charge in [0.25, 0.3) is 0 Å². The highest BCUT2D eigenvalue weighted by Gasteiger charge is 2.57. The largest absolute Gasteiger partial charge is 0.512 e. The number of carbonyl (C=O) groups is 3. The number of aliphatic hydroxyl groups is 1. The van der Waals surface area contributed by atoms with Crippen molar-refractivity contribution < 1.29 is 24.2 Å². The van der Waals surface area contributed by atoms with Crippen LogP contribution in [0, 0.1) is 27.1 Å². The second kappa shape index (κ2) is 7.80. The van der Waals surface area contributed by atoms with Gasteiger partial charge < -0.3 is 9.84 Å². The molecule has 0 saturated carbocycles. The molecule has 0 aromatic carbocycles. The van der Waals surface area contributed by atoms with E-state index in [1.165, 1.54) is 0 Å². The van der Waals surface area contributed by atoms with E-state index in [1.54, 1.807) is 0 Å². The van der Waals surface area contributed by atoms with E-state index in [-0.39, 0.29) is 44.8 Å². The number of aliphatic hydroxyl groups excluding tert-OH is 1. The molecule has 0 aromatic heterocycles. The van der Waals surface area contributed by atoms with Crippen molar-refractivity contribution in [3.8, 4) is 0 Å². The van der Waals surface area contributed by atoms with Crippen molar-refractivity contribution >= 4 is 17.3 Å². The molecule has 5 aliphatic rings. The number of hydrogen-bond acceptors (Lipinski definition) is 5. The van der Waals surface area contributed by atoms with Crippen LogP contribution in [0.25, 0.3) is 0 Å². The van der Waals surface area contributed by atoms with Gasteiger partial charge in [-0.25, -0.2) is 0 Å². The Labute approximate surface area is 221 Å². The summed E-state index contributed by atoms with van der Waals surface area (Å²) in [5.74, 6) is 1.50. The van der Waals surface area contributed by atoms with Crippen molar-refractivity contribution in [2.24, 2.45) is 27.1 Å². The zero-order valence-electron chi connectivity index (χ0n) is 23.8. The number of allylic oxidation sites excluding steroid dienone is 8. The zero-order chi connectivity index (χ0) is 27.3. The third kappa shape index (κ3) is 4.36. The Bertz CT molecular complexity index is 1210. The Balaban J connectivity index is 1.80. The Hall–Kier alpha value is -2.43. The lowest BCUT2D eigenvalue weighted by atomic mass is 9.52. The number of Topliss-reactive ketones (excluding diaryl/α,β-unsaturated/α-hetero) is 3. The molecule has 1 spiro atoms. The standard InChI is InChI=1S/C32H42O5/c1-28(2)11-19(33)25(20(34)12-28)18-9-31(7,8)17-32(10-18)26-21(35)13-29(3,4)15-23(26)37-24-16-30(5,6)14-22(36)27(24)32/h10,33H,9,11-17H2,1-8H3. The van der Waals surface area contributed by atoms with Crippen molar-refractivity contribution in [1.29, 1.82) is 0 Å². The summed E-state index contributed by atoms with van der Waals surface area (Å²) in [6.07, 6.45) is 6.07. The van der Waals surface area contributed by atoms with Crippen LogP contribution >= 0.6 is 0 Å². The van der Waals surface area contributed by atoms with Crippen LogP contribution in [0.5, 0.6) is 0 Å². The number of hydrogen-bond donors (Lipinski definition) is 1. The lowest BCUT2D eigenvalue weighted by Gasteiger charge is -2.52. The molecular weight excluding hydrogens is 464 g/mol. The van der Waals surface area contributed by atoms with E-state index in [0.29, 0.717) is 79.6 Å². The van der Waals surface area contributed by atoms with Crippen LogP contribution in [0.3, 0.4) is 0 Å². The molecule has 37 heavy (non-hydrogen) atoms. The highest BCUT2D eigenvalue weighted by Crippen LogP contribution is 2.62. The van der Waals surface area contributed by atoms with E-state index < -0.39 is 5.41 Å². The van der Waals surface area contributed by atoms with Gasteiger partial charge in [-0.3, -0.25) is 14.4 Å². The van der Waals surface area contributed by atoms with Crippen molar-refractivity contribution in [1.82, 2.24) is 0 Å². The van der Waals surface area contributed by atoms with Gasteiger partial charge in [-0.2, -0.15) is 0 Å². The smallest absolute Gasteiger partial charge is 0.167 e. The summed E-state index contributed by atoms with van der Waals surface area (Å²) in [4.78, 5) is 41.2. The fourth-order valence-corrected chi connectivity index (χ4v) is 7.84. The maximum Gasteiger partial charge on any atom is 0.167 e. The molecule has 0 amide bonds. The SMILES string of the molecule is CC1(C)CC(=O)C(C2=CC3(CC(C)(C)C2)C2=C(CC(C)(C)CC2=O)OC2=C3C(=O)CC(C)(C)C2)=C(O)C1. The predicted molar refractivity (Wildman–Crippen MR) is 142 cm³/mol. The molecule has 4 aliphatic carbocycles. The van der Waals surface area contributed by atoms with Gasteiger partial charge in [-0.1, -0.05) is 61.5 Å². The Morgan fingerprint density at radius 3 is 1.57 bits per heavy atom. The molecule has 5 rings (SSSR count). The van der Waals surface area contributed by atoms with Crippen LogP contribution < -0.4 is 0 Å². The second-order valence-electron chi connectivity index (χ2n) is 15.5. The molecule has 1 N–H and O–H groups in total. The average Bonchev–Trinajstić information content (AvgIpc) is 2.61. The lowest BCUT2D eigenvalue weighted by molar-refractivity contribution is -0.122. The van der Waals surface area contributed by atoms with Crippen LogP contribution in [-0.4, -0.2) is 22.5 Å². The van der Waals surface area contributed by atoms with E-state index in [0.717, 1.165) is 5.57 Å². The maximum absolute atomic E-state index is 13.9. The van der Waals surface area contributed by atoms with Crippen molar-refractivity contribution in [2.75, 3.05) is 0 Å². The molecule has 0 fully saturated rings. The molecule has 0 aromatic rings. The second-order valence-corrected chi connectivity index (χ2v) is 15.5. The van der Waals surface area contributed by atoms with Crippen LogP contribution in [0.2, 0.25) is 0 Å². The van der Waals surface area contributed by atoms with Crippen LogP contribution in [0.1, 0.15) is 107 Å². The fraction of sp³-hybridized carbons (Fsp3) is 0.656. The minimum atomic E-state index is -0.943. The third-order valence-corrected chi connectivity index (χ3v) is 8.83. The molecule has 5 nitrogen and oxygen atoms in total. The summed E-state index contributed by atoms with van der Waals surface area (Å²) < 4.78 is 6.51. The molecule has 0 unspecified atom stereocenters. The van der Waals surface area contributed by atoms with Gasteiger partial charge >= 0.3 is 0 Å². The lowest BCUT2D eigenvalue weighted by Crippen LogP contribution is -2.47. The maximum atomic E-state index is 13.9. The number of ether oxygens (including phenoxy) is 1. The fourth-order valence-electron chi connectivity index (χ4n) is 7.84. The first-order valence-electron chi connectivity index (χ1n) is 13.7. The summed E-state index contributed by atoms with van der Waals surface area (Å²) in [5.41, 5.74) is 0.366. The molecule has 1 heterocycles. The Kier molecular flexibility index (Phi) is 5.52. The first kappa shape index (κ1) is 26.2. The quantitative estimate of drug-likeness (QED) is 0.405. The summed E-state index contributed by atoms with van der Waals surface area (Å²) >= 11 is 0. The highest BCUT2D eigenvalue weighted by molar-refractivity contribution is 6.07. The Morgan fingerprint density at radius 1 is 0.622 bits per heavy atom. The normalized spacial score (nSPS) is 29.6. The van der Waals surface area contributed by atoms with Gasteiger partial charge in [0.05, 0.1) is 11.0 Å². The average molecular weight is 507 g/mol. The number of fused-ring (bicyclic) bond motifs is 2. The number of rotatable bonds is 1. The highest BCUT2D eigenvalue weighted by atomic mass is 16.5. The summed E-state index contributed by atoms with van der Waals surface area (Å²) in [6, 6.07) is 0. The zero-order valence-corrected chi connectivity index (χ0v) is 23.8. The van der Waals surface area contributed by atoms with E-state index >= 15 is 0 Å². The van der Waals surface area contributed by atoms with E-state index in [9.17, 15) is 19.5 Å². The van der Waals surface area contributed by atoms with Gasteiger partial charge in [0.15, 0.2) is 17.3 Å². The van der Waals surface area contributed by atoms with E-state index in [4.69, 9.17) is 4.74 Å². The monoisotopic (exact) mass is 506 g/mol. The van der Waals surface area contributed by atoms with Gasteiger partial charge in [0.1, 0.15) is 17.3 Å². The van der Waals surface area contributed by atoms with E-state index in [2.05, 4.69) is 41.5 Å². The molecule has 0 atom stereocenters. The van der Waals surface area contributed by atoms with Crippen LogP contribution in [-0.2, 0) is 19.1 Å². The van der Waals surface area contributed by atoms with Crippen molar-refractivity contribution in [2.45, 2.75) is 107 Å². The van der Waals surface area contributed by atoms with Gasteiger partial charge in [-0.05, 0) is 40.1 Å². The topological polar surface area (TPSA) is 80.7 Å². The molecule has 200 valence electrons. The summed E-state index contributed by atoms with van der Waals surface area (Å²) in [6.45, 7) is 16.6. The molecule has 5 heteroatoms. The minimum Gasteiger partial charge on any atom is -0.512 e. The molecule has 0 radical (unpaired) electrons. The number of carbonyl (C=O) groups excluding carboxylic acids is 3. The summed E-state index contributed by atoms with van der Waals surface area (Å²) in [5, 5.41) is 11.1. The molecule has 0 saturated heterocycles. The predicted octanol–water partition coefficient (Wildman–Crippen LogP) is 7.24. The first-order valence-corrected chi connectivity index (χ1v) is 13.7. The van der Waals surface area contributed by atoms with Crippen molar-refractivity contribution in [3.05, 3.63) is 45.6 Å². The van der Waals surface area contributed by atoms with Gasteiger partial charge in [-0.15, -0.1) is 0 Å². The minimum absolute atomic E-state index is 0.0260. The first-order chi connectivity index (χ1) is 16.8. The molecular formula is C32H42O5. The van der Waals surface area contributed by atoms with Crippen LogP contribution in [0.4, 0.5) is 0 Å². The Morgan fingerprint density at radius 2 is 1.08 bits per heavy atom. The number of ketones is 3. The third-order valence-electron chi connectivity index (χ3n) is 8.83. The van der Waals surface area contributed by atoms with Gasteiger partial charge in [0, 0.05) is 49.7 Å². The van der Waals surface area contributed by atoms with Crippen LogP contribution in [0.15, 0.2) is 45.6 Å². The van der Waals surface area contributed by atoms with Crippen molar-refractivity contribution in [3.63, 3.8) is 0 Å². The van der Waals surface area contributed by atoms with E-state index in [1.807, 2.05) is 19.9 Å². The van der Waals surface area contributed by atoms with Gasteiger partial charge in [0.2, 0.25) is 0 Å².